The SMILES string of the molecule is Cc1cccc(Nc2cccc([C@H]3CN(C(=O)c4cn(C)nc4C)CCO3)n2)n1. The number of aromatic nitrogens is 4. The van der Waals surface area contributed by atoms with Crippen LogP contribution in [0.4, 0.5) is 11.6 Å². The van der Waals surface area contributed by atoms with Gasteiger partial charge in [-0.15, -0.1) is 0 Å². The lowest BCUT2D eigenvalue weighted by Crippen LogP contribution is -2.42. The van der Waals surface area contributed by atoms with E-state index in [1.54, 1.807) is 10.9 Å². The molecule has 0 radical (unpaired) electrons. The second kappa shape index (κ2) is 8.00. The van der Waals surface area contributed by atoms with Crippen molar-refractivity contribution in [2.24, 2.45) is 7.05 Å². The first-order valence-electron chi connectivity index (χ1n) is 9.58. The van der Waals surface area contributed by atoms with E-state index in [1.807, 2.05) is 62.2 Å². The number of amides is 1. The van der Waals surface area contributed by atoms with Crippen LogP contribution < -0.4 is 5.32 Å². The predicted molar refractivity (Wildman–Crippen MR) is 109 cm³/mol. The minimum atomic E-state index is -0.281. The molecular formula is C21H24N6O2. The molecule has 0 saturated carbocycles. The fraction of sp³-hybridized carbons (Fsp3) is 0.333. The lowest BCUT2D eigenvalue weighted by molar-refractivity contribution is -0.0246. The molecule has 4 rings (SSSR count). The smallest absolute Gasteiger partial charge is 0.257 e. The summed E-state index contributed by atoms with van der Waals surface area (Å²) in [4.78, 5) is 23.9. The number of rotatable bonds is 4. The van der Waals surface area contributed by atoms with E-state index in [4.69, 9.17) is 4.74 Å². The Kier molecular flexibility index (Phi) is 5.26. The van der Waals surface area contributed by atoms with Crippen LogP contribution in [0.3, 0.4) is 0 Å². The van der Waals surface area contributed by atoms with Crippen molar-refractivity contribution in [1.29, 1.82) is 0 Å². The minimum absolute atomic E-state index is 0.0258. The van der Waals surface area contributed by atoms with Crippen LogP contribution in [0.5, 0.6) is 0 Å². The molecule has 1 aliphatic heterocycles. The van der Waals surface area contributed by atoms with Crippen LogP contribution in [0.1, 0.15) is 33.5 Å². The summed E-state index contributed by atoms with van der Waals surface area (Å²) in [6.45, 7) is 5.26. The highest BCUT2D eigenvalue weighted by molar-refractivity contribution is 5.95. The van der Waals surface area contributed by atoms with Gasteiger partial charge in [-0.05, 0) is 38.1 Å². The zero-order valence-electron chi connectivity index (χ0n) is 16.8. The van der Waals surface area contributed by atoms with Gasteiger partial charge in [-0.25, -0.2) is 9.97 Å². The molecule has 0 aliphatic carbocycles. The summed E-state index contributed by atoms with van der Waals surface area (Å²) in [5.41, 5.74) is 3.07. The summed E-state index contributed by atoms with van der Waals surface area (Å²) in [6.07, 6.45) is 1.48. The van der Waals surface area contributed by atoms with Gasteiger partial charge in [0.15, 0.2) is 0 Å². The van der Waals surface area contributed by atoms with Crippen molar-refractivity contribution in [1.82, 2.24) is 24.6 Å². The Balaban J connectivity index is 1.49. The molecular weight excluding hydrogens is 368 g/mol. The lowest BCUT2D eigenvalue weighted by Gasteiger charge is -2.32. The fourth-order valence-corrected chi connectivity index (χ4v) is 3.44. The Bertz CT molecular complexity index is 1030. The normalized spacial score (nSPS) is 16.7. The zero-order valence-corrected chi connectivity index (χ0v) is 16.8. The van der Waals surface area contributed by atoms with Crippen molar-refractivity contribution in [3.05, 3.63) is 65.2 Å². The Morgan fingerprint density at radius 2 is 1.90 bits per heavy atom. The highest BCUT2D eigenvalue weighted by Gasteiger charge is 2.28. The lowest BCUT2D eigenvalue weighted by atomic mass is 10.1. The second-order valence-electron chi connectivity index (χ2n) is 7.15. The molecule has 8 nitrogen and oxygen atoms in total. The van der Waals surface area contributed by atoms with Crippen molar-refractivity contribution >= 4 is 17.5 Å². The molecule has 3 aromatic heterocycles. The van der Waals surface area contributed by atoms with E-state index in [0.717, 1.165) is 22.9 Å². The summed E-state index contributed by atoms with van der Waals surface area (Å²) in [5, 5.41) is 7.50. The van der Waals surface area contributed by atoms with Gasteiger partial charge in [0.25, 0.3) is 5.91 Å². The first-order valence-corrected chi connectivity index (χ1v) is 9.58. The van der Waals surface area contributed by atoms with Crippen LogP contribution in [0.25, 0.3) is 0 Å². The predicted octanol–water partition coefficient (Wildman–Crippen LogP) is 2.78. The van der Waals surface area contributed by atoms with Crippen LogP contribution in [-0.2, 0) is 11.8 Å². The maximum Gasteiger partial charge on any atom is 0.257 e. The Morgan fingerprint density at radius 3 is 2.62 bits per heavy atom. The van der Waals surface area contributed by atoms with Gasteiger partial charge in [0.05, 0.1) is 30.1 Å². The highest BCUT2D eigenvalue weighted by atomic mass is 16.5. The van der Waals surface area contributed by atoms with E-state index in [9.17, 15) is 4.79 Å². The molecule has 0 unspecified atom stereocenters. The van der Waals surface area contributed by atoms with Gasteiger partial charge >= 0.3 is 0 Å². The molecule has 1 aliphatic rings. The van der Waals surface area contributed by atoms with Gasteiger partial charge in [0.1, 0.15) is 17.7 Å². The second-order valence-corrected chi connectivity index (χ2v) is 7.15. The third-order valence-corrected chi connectivity index (χ3v) is 4.84. The number of aryl methyl sites for hydroxylation is 3. The average molecular weight is 392 g/mol. The average Bonchev–Trinajstić information content (AvgIpc) is 3.06. The molecule has 3 aromatic rings. The van der Waals surface area contributed by atoms with Gasteiger partial charge in [-0.2, -0.15) is 5.10 Å². The summed E-state index contributed by atoms with van der Waals surface area (Å²) < 4.78 is 7.58. The van der Waals surface area contributed by atoms with E-state index in [2.05, 4.69) is 20.4 Å². The van der Waals surface area contributed by atoms with Crippen molar-refractivity contribution in [2.75, 3.05) is 25.0 Å². The van der Waals surface area contributed by atoms with Crippen molar-refractivity contribution in [3.63, 3.8) is 0 Å². The maximum atomic E-state index is 12.9. The topological polar surface area (TPSA) is 85.2 Å². The molecule has 8 heteroatoms. The van der Waals surface area contributed by atoms with Crippen LogP contribution in [0.2, 0.25) is 0 Å². The Morgan fingerprint density at radius 1 is 1.14 bits per heavy atom. The Hall–Kier alpha value is -3.26. The third kappa shape index (κ3) is 4.27. The molecule has 1 fully saturated rings. The molecule has 1 atom stereocenters. The zero-order chi connectivity index (χ0) is 20.4. The number of anilines is 2. The molecule has 1 saturated heterocycles. The largest absolute Gasteiger partial charge is 0.368 e. The molecule has 4 heterocycles. The van der Waals surface area contributed by atoms with Crippen LogP contribution >= 0.6 is 0 Å². The van der Waals surface area contributed by atoms with Crippen LogP contribution in [0, 0.1) is 13.8 Å². The number of carbonyl (C=O) groups is 1. The van der Waals surface area contributed by atoms with Gasteiger partial charge in [-0.3, -0.25) is 9.48 Å². The monoisotopic (exact) mass is 392 g/mol. The summed E-state index contributed by atoms with van der Waals surface area (Å²) in [7, 11) is 1.82. The van der Waals surface area contributed by atoms with E-state index in [-0.39, 0.29) is 12.0 Å². The van der Waals surface area contributed by atoms with E-state index < -0.39 is 0 Å². The maximum absolute atomic E-state index is 12.9. The summed E-state index contributed by atoms with van der Waals surface area (Å²) in [6, 6.07) is 11.5. The molecule has 0 bridgehead atoms. The number of ether oxygens (including phenoxy) is 1. The molecule has 29 heavy (non-hydrogen) atoms. The number of hydrogen-bond donors (Lipinski definition) is 1. The van der Waals surface area contributed by atoms with Crippen molar-refractivity contribution in [3.8, 4) is 0 Å². The van der Waals surface area contributed by atoms with E-state index >= 15 is 0 Å². The fourth-order valence-electron chi connectivity index (χ4n) is 3.44. The van der Waals surface area contributed by atoms with E-state index in [0.29, 0.717) is 31.1 Å². The van der Waals surface area contributed by atoms with Crippen LogP contribution in [0.15, 0.2) is 42.6 Å². The number of hydrogen-bond acceptors (Lipinski definition) is 6. The molecule has 1 N–H and O–H groups in total. The van der Waals surface area contributed by atoms with Crippen molar-refractivity contribution < 1.29 is 9.53 Å². The van der Waals surface area contributed by atoms with Crippen molar-refractivity contribution in [2.45, 2.75) is 20.0 Å². The quantitative estimate of drug-likeness (QED) is 0.735. The summed E-state index contributed by atoms with van der Waals surface area (Å²) in [5.74, 6) is 1.40. The van der Waals surface area contributed by atoms with Gasteiger partial charge < -0.3 is 15.0 Å². The number of nitrogens with zero attached hydrogens (tertiary/aromatic N) is 5. The third-order valence-electron chi connectivity index (χ3n) is 4.84. The minimum Gasteiger partial charge on any atom is -0.368 e. The first-order chi connectivity index (χ1) is 14.0. The molecule has 0 spiro atoms. The Labute approximate surface area is 169 Å². The van der Waals surface area contributed by atoms with Gasteiger partial charge in [-0.1, -0.05) is 12.1 Å². The molecule has 0 aromatic carbocycles. The van der Waals surface area contributed by atoms with E-state index in [1.165, 1.54) is 0 Å². The number of carbonyl (C=O) groups excluding carboxylic acids is 1. The number of morpholine rings is 1. The molecule has 1 amide bonds. The highest BCUT2D eigenvalue weighted by Crippen LogP contribution is 2.24. The first kappa shape index (κ1) is 19.1. The number of pyridine rings is 2. The van der Waals surface area contributed by atoms with Gasteiger partial charge in [0.2, 0.25) is 0 Å². The molecule has 150 valence electrons. The number of nitrogens with one attached hydrogen (secondary N) is 1. The summed E-state index contributed by atoms with van der Waals surface area (Å²) >= 11 is 0. The van der Waals surface area contributed by atoms with Gasteiger partial charge in [0, 0.05) is 25.5 Å². The standard InChI is InChI=1S/C21H24N6O2/c1-14-6-4-8-19(22-14)24-20-9-5-7-17(23-20)18-13-27(10-11-29-18)21(28)16-12-26(3)25-15(16)2/h4-9,12,18H,10-11,13H2,1-3H3,(H,22,23,24)/t18-/m1/s1. The van der Waals surface area contributed by atoms with Crippen LogP contribution in [-0.4, -0.2) is 50.3 Å².